The van der Waals surface area contributed by atoms with E-state index in [-0.39, 0.29) is 30.7 Å². The summed E-state index contributed by atoms with van der Waals surface area (Å²) in [5, 5.41) is 0. The van der Waals surface area contributed by atoms with Gasteiger partial charge in [0, 0.05) is 0 Å². The molecule has 0 saturated heterocycles. The molecule has 1 unspecified atom stereocenters. The van der Waals surface area contributed by atoms with Crippen LogP contribution in [0.3, 0.4) is 0 Å². The molecule has 1 rings (SSSR count). The lowest BCUT2D eigenvalue weighted by Crippen LogP contribution is -2.17. The van der Waals surface area contributed by atoms with Crippen molar-refractivity contribution >= 4 is 16.1 Å². The number of esters is 1. The quantitative estimate of drug-likeness (QED) is 0.564. The molecule has 0 fully saturated rings. The topological polar surface area (TPSA) is 69.7 Å². The molecule has 0 heterocycles. The van der Waals surface area contributed by atoms with Crippen molar-refractivity contribution in [1.82, 2.24) is 0 Å². The summed E-state index contributed by atoms with van der Waals surface area (Å²) >= 11 is 0. The fourth-order valence-electron chi connectivity index (χ4n) is 1.47. The lowest BCUT2D eigenvalue weighted by molar-refractivity contribution is -0.141. The monoisotopic (exact) mass is 286 g/mol. The second kappa shape index (κ2) is 7.25. The van der Waals surface area contributed by atoms with Gasteiger partial charge in [-0.1, -0.05) is 37.3 Å². The first-order valence-electron chi connectivity index (χ1n) is 5.91. The summed E-state index contributed by atoms with van der Waals surface area (Å²) in [6, 6.07) is 8.79. The van der Waals surface area contributed by atoms with Crippen LogP contribution in [0.25, 0.3) is 0 Å². The summed E-state index contributed by atoms with van der Waals surface area (Å²) in [6.07, 6.45) is 0.136. The van der Waals surface area contributed by atoms with Crippen molar-refractivity contribution in [3.05, 3.63) is 35.9 Å². The van der Waals surface area contributed by atoms with Crippen LogP contribution < -0.4 is 0 Å². The lowest BCUT2D eigenvalue weighted by Gasteiger charge is -2.11. The van der Waals surface area contributed by atoms with Gasteiger partial charge in [0.05, 0.1) is 20.1 Å². The van der Waals surface area contributed by atoms with Gasteiger partial charge in [0.25, 0.3) is 10.1 Å². The first kappa shape index (κ1) is 15.7. The van der Waals surface area contributed by atoms with Crippen LogP contribution >= 0.6 is 0 Å². The molecule has 0 saturated carbocycles. The average Bonchev–Trinajstić information content (AvgIpc) is 2.37. The van der Waals surface area contributed by atoms with E-state index in [1.807, 2.05) is 6.07 Å². The Kier molecular flexibility index (Phi) is 5.98. The van der Waals surface area contributed by atoms with Crippen molar-refractivity contribution in [1.29, 1.82) is 0 Å². The van der Waals surface area contributed by atoms with E-state index in [0.717, 1.165) is 0 Å². The molecule has 0 bridgehead atoms. The first-order valence-corrected chi connectivity index (χ1v) is 7.48. The van der Waals surface area contributed by atoms with Crippen LogP contribution in [-0.4, -0.2) is 28.1 Å². The van der Waals surface area contributed by atoms with Gasteiger partial charge in [-0.15, -0.1) is 0 Å². The number of carbonyl (C=O) groups is 1. The number of hydrogen-bond donors (Lipinski definition) is 0. The molecule has 0 amide bonds. The van der Waals surface area contributed by atoms with Gasteiger partial charge in [0.15, 0.2) is 0 Å². The van der Waals surface area contributed by atoms with E-state index in [1.54, 1.807) is 31.2 Å². The molecule has 19 heavy (non-hydrogen) atoms. The minimum atomic E-state index is -3.62. The molecular formula is C13H18O5S. The number of benzene rings is 1. The third-order valence-electron chi connectivity index (χ3n) is 2.46. The molecule has 5 nitrogen and oxygen atoms in total. The molecule has 106 valence electrons. The zero-order valence-corrected chi connectivity index (χ0v) is 11.9. The maximum atomic E-state index is 11.7. The van der Waals surface area contributed by atoms with E-state index in [9.17, 15) is 13.2 Å². The maximum absolute atomic E-state index is 11.7. The van der Waals surface area contributed by atoms with Crippen LogP contribution in [0.2, 0.25) is 0 Å². The van der Waals surface area contributed by atoms with Gasteiger partial charge in [-0.3, -0.25) is 8.98 Å². The third-order valence-corrected chi connectivity index (χ3v) is 3.64. The summed E-state index contributed by atoms with van der Waals surface area (Å²) in [6.45, 7) is 1.71. The second-order valence-electron chi connectivity index (χ2n) is 4.36. The van der Waals surface area contributed by atoms with Gasteiger partial charge < -0.3 is 4.74 Å². The Morgan fingerprint density at radius 1 is 1.26 bits per heavy atom. The molecule has 0 radical (unpaired) electrons. The molecule has 1 aromatic rings. The minimum Gasteiger partial charge on any atom is -0.469 e. The zero-order chi connectivity index (χ0) is 14.3. The smallest absolute Gasteiger partial charge is 0.305 e. The molecule has 6 heteroatoms. The predicted octanol–water partition coefficient (Wildman–Crippen LogP) is 1.73. The largest absolute Gasteiger partial charge is 0.469 e. The van der Waals surface area contributed by atoms with E-state index < -0.39 is 10.1 Å². The van der Waals surface area contributed by atoms with Crippen molar-refractivity contribution in [3.63, 3.8) is 0 Å². The molecule has 0 aliphatic heterocycles. The SMILES string of the molecule is COC(=O)CC(C)COS(=O)(=O)Cc1ccccc1. The highest BCUT2D eigenvalue weighted by Gasteiger charge is 2.16. The van der Waals surface area contributed by atoms with Crippen molar-refractivity contribution in [2.45, 2.75) is 19.1 Å². The molecule has 0 aromatic heterocycles. The van der Waals surface area contributed by atoms with Gasteiger partial charge >= 0.3 is 5.97 Å². The van der Waals surface area contributed by atoms with Gasteiger partial charge in [-0.2, -0.15) is 8.42 Å². The van der Waals surface area contributed by atoms with Gasteiger partial charge in [0.2, 0.25) is 0 Å². The Labute approximate surface area is 113 Å². The van der Waals surface area contributed by atoms with Crippen molar-refractivity contribution in [3.8, 4) is 0 Å². The standard InChI is InChI=1S/C13H18O5S/c1-11(8-13(14)17-2)9-18-19(15,16)10-12-6-4-3-5-7-12/h3-7,11H,8-10H2,1-2H3. The highest BCUT2D eigenvalue weighted by Crippen LogP contribution is 2.10. The number of hydrogen-bond acceptors (Lipinski definition) is 5. The summed E-state index contributed by atoms with van der Waals surface area (Å²) in [4.78, 5) is 11.0. The fraction of sp³-hybridized carbons (Fsp3) is 0.462. The Bertz CT molecular complexity index is 495. The van der Waals surface area contributed by atoms with E-state index in [1.165, 1.54) is 7.11 Å². The summed E-state index contributed by atoms with van der Waals surface area (Å²) in [7, 11) is -2.33. The number of methoxy groups -OCH3 is 1. The average molecular weight is 286 g/mol. The van der Waals surface area contributed by atoms with E-state index in [4.69, 9.17) is 4.18 Å². The Morgan fingerprint density at radius 2 is 1.89 bits per heavy atom. The first-order chi connectivity index (χ1) is 8.93. The second-order valence-corrected chi connectivity index (χ2v) is 6.00. The van der Waals surface area contributed by atoms with Crippen LogP contribution in [0.15, 0.2) is 30.3 Å². The van der Waals surface area contributed by atoms with Crippen molar-refractivity contribution in [2.75, 3.05) is 13.7 Å². The summed E-state index contributed by atoms with van der Waals surface area (Å²) in [5.74, 6) is -0.756. The molecule has 0 aliphatic carbocycles. The van der Waals surface area contributed by atoms with Gasteiger partial charge in [0.1, 0.15) is 5.75 Å². The van der Waals surface area contributed by atoms with Crippen LogP contribution in [-0.2, 0) is 29.6 Å². The van der Waals surface area contributed by atoms with E-state index in [0.29, 0.717) is 5.56 Å². The van der Waals surface area contributed by atoms with Crippen molar-refractivity contribution in [2.24, 2.45) is 5.92 Å². The minimum absolute atomic E-state index is 0.0235. The van der Waals surface area contributed by atoms with Gasteiger partial charge in [-0.25, -0.2) is 0 Å². The van der Waals surface area contributed by atoms with Crippen LogP contribution in [0, 0.1) is 5.92 Å². The Balaban J connectivity index is 2.45. The fourth-order valence-corrected chi connectivity index (χ4v) is 2.59. The van der Waals surface area contributed by atoms with Crippen molar-refractivity contribution < 1.29 is 22.1 Å². The van der Waals surface area contributed by atoms with E-state index in [2.05, 4.69) is 4.74 Å². The molecular weight excluding hydrogens is 268 g/mol. The zero-order valence-electron chi connectivity index (χ0n) is 11.0. The Hall–Kier alpha value is -1.40. The highest BCUT2D eigenvalue weighted by atomic mass is 32.2. The molecule has 0 spiro atoms. The molecule has 0 aliphatic rings. The Morgan fingerprint density at radius 3 is 2.47 bits per heavy atom. The lowest BCUT2D eigenvalue weighted by atomic mass is 10.1. The molecule has 0 N–H and O–H groups in total. The third kappa shape index (κ3) is 6.35. The summed E-state index contributed by atoms with van der Waals surface area (Å²) < 4.78 is 32.9. The maximum Gasteiger partial charge on any atom is 0.305 e. The van der Waals surface area contributed by atoms with Crippen LogP contribution in [0.5, 0.6) is 0 Å². The van der Waals surface area contributed by atoms with E-state index >= 15 is 0 Å². The van der Waals surface area contributed by atoms with Crippen LogP contribution in [0.4, 0.5) is 0 Å². The predicted molar refractivity (Wildman–Crippen MR) is 70.8 cm³/mol. The van der Waals surface area contributed by atoms with Gasteiger partial charge in [-0.05, 0) is 11.5 Å². The molecule has 1 aromatic carbocycles. The number of carbonyl (C=O) groups excluding carboxylic acids is 1. The number of ether oxygens (including phenoxy) is 1. The molecule has 1 atom stereocenters. The highest BCUT2D eigenvalue weighted by molar-refractivity contribution is 7.85. The summed E-state index contributed by atoms with van der Waals surface area (Å²) in [5.41, 5.74) is 0.670. The van der Waals surface area contributed by atoms with Crippen LogP contribution in [0.1, 0.15) is 18.9 Å². The normalized spacial score (nSPS) is 12.9. The number of rotatable bonds is 7.